The fraction of sp³-hybridized carbons (Fsp3) is 0.257. The van der Waals surface area contributed by atoms with E-state index in [1.807, 2.05) is 109 Å². The average molecular weight is 517 g/mol. The van der Waals surface area contributed by atoms with Gasteiger partial charge in [-0.2, -0.15) is 0 Å². The molecule has 4 atom stereocenters. The van der Waals surface area contributed by atoms with E-state index in [2.05, 4.69) is 0 Å². The molecule has 3 saturated carbocycles. The minimum absolute atomic E-state index is 0.203. The van der Waals surface area contributed by atoms with Crippen LogP contribution in [0.1, 0.15) is 52.8 Å². The van der Waals surface area contributed by atoms with Gasteiger partial charge < -0.3 is 9.47 Å². The van der Waals surface area contributed by atoms with Crippen LogP contribution in [0.4, 0.5) is 0 Å². The Labute approximate surface area is 229 Å². The van der Waals surface area contributed by atoms with E-state index >= 15 is 0 Å². The van der Waals surface area contributed by atoms with E-state index in [-0.39, 0.29) is 23.8 Å². The lowest BCUT2D eigenvalue weighted by Gasteiger charge is -2.39. The van der Waals surface area contributed by atoms with Crippen molar-refractivity contribution < 1.29 is 19.1 Å². The molecule has 39 heavy (non-hydrogen) atoms. The first-order valence-electron chi connectivity index (χ1n) is 13.9. The summed E-state index contributed by atoms with van der Waals surface area (Å²) in [5.74, 6) is -0.315. The molecule has 0 saturated heterocycles. The third-order valence-electron chi connectivity index (χ3n) is 8.25. The molecule has 0 amide bonds. The van der Waals surface area contributed by atoms with Crippen LogP contribution in [-0.2, 0) is 9.47 Å². The number of fused-ring (bicyclic) bond motifs is 4. The quantitative estimate of drug-likeness (QED) is 0.244. The van der Waals surface area contributed by atoms with Gasteiger partial charge in [0.05, 0.1) is 11.1 Å². The van der Waals surface area contributed by atoms with Gasteiger partial charge >= 0.3 is 11.9 Å². The molecule has 4 nitrogen and oxygen atoms in total. The molecule has 0 radical (unpaired) electrons. The van der Waals surface area contributed by atoms with Gasteiger partial charge in [0.15, 0.2) is 0 Å². The molecule has 0 N–H and O–H groups in total. The SMILES string of the molecule is O=C(OC1C2CCCC(CC2)C1OC(=O)c1ccc(-c2ccccc2)cc1)c1ccc(-c2ccccc2)cc1. The molecular formula is C35H32O4. The number of benzene rings is 4. The lowest BCUT2D eigenvalue weighted by Crippen LogP contribution is -2.47. The summed E-state index contributed by atoms with van der Waals surface area (Å²) in [7, 11) is 0. The Morgan fingerprint density at radius 2 is 0.821 bits per heavy atom. The van der Waals surface area contributed by atoms with E-state index in [1.54, 1.807) is 0 Å². The highest BCUT2D eigenvalue weighted by Gasteiger charge is 2.46. The molecule has 196 valence electrons. The van der Waals surface area contributed by atoms with Gasteiger partial charge in [0, 0.05) is 0 Å². The van der Waals surface area contributed by atoms with Gasteiger partial charge in [-0.1, -0.05) is 91.3 Å². The number of hydrogen-bond donors (Lipinski definition) is 0. The minimum atomic E-state index is -0.430. The van der Waals surface area contributed by atoms with Crippen LogP contribution in [-0.4, -0.2) is 24.1 Å². The molecule has 4 aromatic carbocycles. The minimum Gasteiger partial charge on any atom is -0.455 e. The summed E-state index contributed by atoms with van der Waals surface area (Å²) >= 11 is 0. The first-order chi connectivity index (χ1) is 19.2. The molecule has 0 aromatic heterocycles. The smallest absolute Gasteiger partial charge is 0.338 e. The van der Waals surface area contributed by atoms with Gasteiger partial charge in [0.2, 0.25) is 0 Å². The van der Waals surface area contributed by atoms with Crippen molar-refractivity contribution in [2.45, 2.75) is 44.3 Å². The Morgan fingerprint density at radius 3 is 1.21 bits per heavy atom. The number of ether oxygens (including phenoxy) is 2. The fourth-order valence-corrected chi connectivity index (χ4v) is 6.12. The van der Waals surface area contributed by atoms with Crippen molar-refractivity contribution in [2.75, 3.05) is 0 Å². The number of hydrogen-bond acceptors (Lipinski definition) is 4. The summed E-state index contributed by atoms with van der Waals surface area (Å²) in [6, 6.07) is 35.2. The highest BCUT2D eigenvalue weighted by atomic mass is 16.6. The van der Waals surface area contributed by atoms with Crippen LogP contribution in [0.15, 0.2) is 109 Å². The topological polar surface area (TPSA) is 52.6 Å². The Kier molecular flexibility index (Phi) is 7.27. The summed E-state index contributed by atoms with van der Waals surface area (Å²) < 4.78 is 12.3. The van der Waals surface area contributed by atoms with E-state index in [1.165, 1.54) is 0 Å². The van der Waals surface area contributed by atoms with Crippen LogP contribution in [0.5, 0.6) is 0 Å². The van der Waals surface area contributed by atoms with Gasteiger partial charge in [-0.15, -0.1) is 0 Å². The second kappa shape index (κ2) is 11.3. The van der Waals surface area contributed by atoms with E-state index < -0.39 is 12.2 Å². The van der Waals surface area contributed by atoms with Crippen molar-refractivity contribution in [3.8, 4) is 22.3 Å². The Balaban J connectivity index is 1.17. The van der Waals surface area contributed by atoms with Crippen LogP contribution < -0.4 is 0 Å². The standard InChI is InChI=1S/C35H32O4/c36-34(30-20-14-26(15-21-30)24-8-3-1-4-9-24)38-32-28-12-7-13-29(19-18-28)33(32)39-35(37)31-22-16-27(17-23-31)25-10-5-2-6-11-25/h1-6,8-11,14-17,20-23,28-29,32-33H,7,12-13,18-19H2. The van der Waals surface area contributed by atoms with Crippen LogP contribution in [0.3, 0.4) is 0 Å². The van der Waals surface area contributed by atoms with Gasteiger partial charge in [0.25, 0.3) is 0 Å². The molecule has 4 aromatic rings. The molecule has 2 bridgehead atoms. The number of rotatable bonds is 6. The maximum atomic E-state index is 13.3. The molecule has 7 rings (SSSR count). The molecular weight excluding hydrogens is 484 g/mol. The predicted molar refractivity (Wildman–Crippen MR) is 152 cm³/mol. The maximum Gasteiger partial charge on any atom is 0.338 e. The van der Waals surface area contributed by atoms with Crippen LogP contribution in [0, 0.1) is 11.8 Å². The van der Waals surface area contributed by atoms with E-state index in [4.69, 9.17) is 9.47 Å². The second-order valence-corrected chi connectivity index (χ2v) is 10.7. The normalized spacial score (nSPS) is 22.1. The van der Waals surface area contributed by atoms with E-state index in [9.17, 15) is 9.59 Å². The second-order valence-electron chi connectivity index (χ2n) is 10.7. The van der Waals surface area contributed by atoms with Crippen molar-refractivity contribution in [1.82, 2.24) is 0 Å². The van der Waals surface area contributed by atoms with Crippen LogP contribution >= 0.6 is 0 Å². The molecule has 3 aliphatic carbocycles. The zero-order valence-electron chi connectivity index (χ0n) is 21.9. The zero-order valence-corrected chi connectivity index (χ0v) is 21.9. The maximum absolute atomic E-state index is 13.3. The van der Waals surface area contributed by atoms with Crippen molar-refractivity contribution >= 4 is 11.9 Å². The molecule has 0 spiro atoms. The average Bonchev–Trinajstić information content (AvgIpc) is 3.33. The first-order valence-corrected chi connectivity index (χ1v) is 13.9. The van der Waals surface area contributed by atoms with Crippen molar-refractivity contribution in [2.24, 2.45) is 11.8 Å². The molecule has 0 aliphatic heterocycles. The van der Waals surface area contributed by atoms with Crippen molar-refractivity contribution in [3.63, 3.8) is 0 Å². The van der Waals surface area contributed by atoms with Crippen LogP contribution in [0.25, 0.3) is 22.3 Å². The molecule has 3 fully saturated rings. The Bertz CT molecular complexity index is 1300. The molecule has 4 heteroatoms. The monoisotopic (exact) mass is 516 g/mol. The third kappa shape index (κ3) is 5.51. The highest BCUT2D eigenvalue weighted by molar-refractivity contribution is 5.91. The van der Waals surface area contributed by atoms with Gasteiger partial charge in [-0.3, -0.25) is 0 Å². The lowest BCUT2D eigenvalue weighted by molar-refractivity contribution is -0.0901. The van der Waals surface area contributed by atoms with Gasteiger partial charge in [-0.25, -0.2) is 9.59 Å². The lowest BCUT2D eigenvalue weighted by atomic mass is 9.79. The van der Waals surface area contributed by atoms with Crippen molar-refractivity contribution in [3.05, 3.63) is 120 Å². The van der Waals surface area contributed by atoms with Crippen molar-refractivity contribution in [1.29, 1.82) is 0 Å². The summed E-state index contributed by atoms with van der Waals surface area (Å²) in [4.78, 5) is 26.5. The predicted octanol–water partition coefficient (Wildman–Crippen LogP) is 7.98. The van der Waals surface area contributed by atoms with Crippen LogP contribution in [0.2, 0.25) is 0 Å². The largest absolute Gasteiger partial charge is 0.455 e. The summed E-state index contributed by atoms with van der Waals surface area (Å²) in [5.41, 5.74) is 5.31. The zero-order chi connectivity index (χ0) is 26.6. The van der Waals surface area contributed by atoms with Gasteiger partial charge in [0.1, 0.15) is 12.2 Å². The summed E-state index contributed by atoms with van der Waals surface area (Å²) in [5, 5.41) is 0. The summed E-state index contributed by atoms with van der Waals surface area (Å²) in [6.07, 6.45) is 4.17. The molecule has 0 heterocycles. The highest BCUT2D eigenvalue weighted by Crippen LogP contribution is 2.43. The van der Waals surface area contributed by atoms with E-state index in [0.717, 1.165) is 54.4 Å². The number of esters is 2. The number of carbonyl (C=O) groups excluding carboxylic acids is 2. The first kappa shape index (κ1) is 25.1. The number of carbonyl (C=O) groups is 2. The molecule has 3 aliphatic rings. The third-order valence-corrected chi connectivity index (χ3v) is 8.25. The summed E-state index contributed by atoms with van der Waals surface area (Å²) in [6.45, 7) is 0. The fourth-order valence-electron chi connectivity index (χ4n) is 6.12. The van der Waals surface area contributed by atoms with E-state index in [0.29, 0.717) is 11.1 Å². The Morgan fingerprint density at radius 1 is 0.462 bits per heavy atom. The Hall–Kier alpha value is -4.18. The van der Waals surface area contributed by atoms with Gasteiger partial charge in [-0.05, 0) is 84.0 Å². The molecule has 4 unspecified atom stereocenters.